The third-order valence-electron chi connectivity index (χ3n) is 2.34. The molecule has 0 spiro atoms. The van der Waals surface area contributed by atoms with E-state index in [-0.39, 0.29) is 11.3 Å². The molecule has 2 N–H and O–H groups in total. The topological polar surface area (TPSA) is 66.8 Å². The van der Waals surface area contributed by atoms with Crippen molar-refractivity contribution < 1.29 is 19.7 Å². The molecule has 0 saturated carbocycles. The van der Waals surface area contributed by atoms with E-state index >= 15 is 0 Å². The van der Waals surface area contributed by atoms with Crippen molar-refractivity contribution in [2.24, 2.45) is 0 Å². The first-order chi connectivity index (χ1) is 7.67. The predicted molar refractivity (Wildman–Crippen MR) is 63.9 cm³/mol. The number of phenolic OH excluding ortho intramolecular Hbond substituents is 1. The van der Waals surface area contributed by atoms with E-state index in [1.54, 1.807) is 39.0 Å². The van der Waals surface area contributed by atoms with Gasteiger partial charge in [0.2, 0.25) is 0 Å². The molecule has 0 fully saturated rings. The number of carboxylic acid groups (broad SMARTS) is 1. The number of aliphatic carboxylic acids is 1. The zero-order valence-electron chi connectivity index (χ0n) is 10.5. The van der Waals surface area contributed by atoms with Gasteiger partial charge in [-0.05, 0) is 33.8 Å². The third-order valence-corrected chi connectivity index (χ3v) is 2.34. The van der Waals surface area contributed by atoms with Gasteiger partial charge in [-0.2, -0.15) is 0 Å². The summed E-state index contributed by atoms with van der Waals surface area (Å²) in [6.07, 6.45) is 0. The highest BCUT2D eigenvalue weighted by molar-refractivity contribution is 5.80. The molecule has 0 aromatic heterocycles. The zero-order valence-corrected chi connectivity index (χ0v) is 10.5. The lowest BCUT2D eigenvalue weighted by molar-refractivity contribution is -0.183. The monoisotopic (exact) mass is 238 g/mol. The molecule has 0 saturated heterocycles. The molecule has 4 heteroatoms. The average molecular weight is 238 g/mol. The van der Waals surface area contributed by atoms with Gasteiger partial charge in [0.05, 0.1) is 5.60 Å². The Morgan fingerprint density at radius 1 is 1.18 bits per heavy atom. The molecule has 1 aromatic rings. The number of carboxylic acids is 1. The molecule has 0 bridgehead atoms. The van der Waals surface area contributed by atoms with Crippen LogP contribution in [0.2, 0.25) is 0 Å². The average Bonchev–Trinajstić information content (AvgIpc) is 2.15. The number of phenols is 1. The summed E-state index contributed by atoms with van der Waals surface area (Å²) >= 11 is 0. The van der Waals surface area contributed by atoms with Crippen LogP contribution in [0.5, 0.6) is 5.75 Å². The largest absolute Gasteiger partial charge is 0.508 e. The van der Waals surface area contributed by atoms with Crippen molar-refractivity contribution in [2.45, 2.75) is 38.9 Å². The lowest BCUT2D eigenvalue weighted by atomic mass is 9.93. The van der Waals surface area contributed by atoms with Crippen LogP contribution in [0.3, 0.4) is 0 Å². The molecule has 0 heterocycles. The minimum atomic E-state index is -1.57. The standard InChI is InChI=1S/C13H18O4/c1-12(2,3)17-13(4,11(15)16)9-7-5-6-8-10(9)14/h5-8,14H,1-4H3,(H,15,16). The Hall–Kier alpha value is -1.55. The maximum atomic E-state index is 11.4. The van der Waals surface area contributed by atoms with Gasteiger partial charge in [0, 0.05) is 5.56 Å². The van der Waals surface area contributed by atoms with Gasteiger partial charge in [0.15, 0.2) is 5.60 Å². The summed E-state index contributed by atoms with van der Waals surface area (Å²) in [5.41, 5.74) is -1.94. The van der Waals surface area contributed by atoms with Crippen molar-refractivity contribution in [1.82, 2.24) is 0 Å². The number of benzene rings is 1. The Labute approximate surface area is 101 Å². The summed E-state index contributed by atoms with van der Waals surface area (Å²) in [4.78, 5) is 11.4. The molecule has 0 aliphatic carbocycles. The fraction of sp³-hybridized carbons (Fsp3) is 0.462. The van der Waals surface area contributed by atoms with E-state index < -0.39 is 17.2 Å². The SMILES string of the molecule is CC(C)(C)OC(C)(C(=O)O)c1ccccc1O. The van der Waals surface area contributed by atoms with Gasteiger partial charge >= 0.3 is 5.97 Å². The second kappa shape index (κ2) is 4.37. The summed E-state index contributed by atoms with van der Waals surface area (Å²) < 4.78 is 5.59. The van der Waals surface area contributed by atoms with Crippen molar-refractivity contribution in [3.05, 3.63) is 29.8 Å². The van der Waals surface area contributed by atoms with Crippen molar-refractivity contribution in [3.63, 3.8) is 0 Å². The molecule has 1 unspecified atom stereocenters. The lowest BCUT2D eigenvalue weighted by Gasteiger charge is -2.33. The molecule has 0 aliphatic heterocycles. The van der Waals surface area contributed by atoms with Crippen LogP contribution in [-0.4, -0.2) is 21.8 Å². The number of carbonyl (C=O) groups is 1. The summed E-state index contributed by atoms with van der Waals surface area (Å²) in [6.45, 7) is 6.76. The summed E-state index contributed by atoms with van der Waals surface area (Å²) in [5, 5.41) is 19.1. The van der Waals surface area contributed by atoms with E-state index in [1.165, 1.54) is 13.0 Å². The van der Waals surface area contributed by atoms with Crippen LogP contribution in [0.15, 0.2) is 24.3 Å². The van der Waals surface area contributed by atoms with E-state index in [0.29, 0.717) is 0 Å². The third kappa shape index (κ3) is 2.97. The normalized spacial score (nSPS) is 15.3. The first-order valence-corrected chi connectivity index (χ1v) is 5.39. The highest BCUT2D eigenvalue weighted by Gasteiger charge is 2.41. The Morgan fingerprint density at radius 3 is 2.12 bits per heavy atom. The van der Waals surface area contributed by atoms with E-state index in [9.17, 15) is 15.0 Å². The van der Waals surface area contributed by atoms with Crippen LogP contribution in [-0.2, 0) is 15.1 Å². The van der Waals surface area contributed by atoms with Crippen molar-refractivity contribution >= 4 is 5.97 Å². The van der Waals surface area contributed by atoms with Crippen LogP contribution >= 0.6 is 0 Å². The summed E-state index contributed by atoms with van der Waals surface area (Å²) in [5.74, 6) is -1.21. The number of ether oxygens (including phenoxy) is 1. The second-order valence-corrected chi connectivity index (χ2v) is 5.07. The van der Waals surface area contributed by atoms with Crippen molar-refractivity contribution in [3.8, 4) is 5.75 Å². The number of aromatic hydroxyl groups is 1. The molecule has 94 valence electrons. The van der Waals surface area contributed by atoms with Crippen LogP contribution in [0.25, 0.3) is 0 Å². The maximum Gasteiger partial charge on any atom is 0.340 e. The molecule has 0 radical (unpaired) electrons. The van der Waals surface area contributed by atoms with E-state index in [0.717, 1.165) is 0 Å². The van der Waals surface area contributed by atoms with E-state index in [1.807, 2.05) is 0 Å². The smallest absolute Gasteiger partial charge is 0.340 e. The van der Waals surface area contributed by atoms with E-state index in [2.05, 4.69) is 0 Å². The Kier molecular flexibility index (Phi) is 3.48. The molecule has 4 nitrogen and oxygen atoms in total. The molecule has 0 aliphatic rings. The van der Waals surface area contributed by atoms with Gasteiger partial charge in [0.25, 0.3) is 0 Å². The highest BCUT2D eigenvalue weighted by atomic mass is 16.5. The molecule has 1 atom stereocenters. The number of hydrogen-bond donors (Lipinski definition) is 2. The molecular weight excluding hydrogens is 220 g/mol. The van der Waals surface area contributed by atoms with Crippen LogP contribution in [0.4, 0.5) is 0 Å². The Balaban J connectivity index is 3.27. The van der Waals surface area contributed by atoms with Crippen molar-refractivity contribution in [2.75, 3.05) is 0 Å². The van der Waals surface area contributed by atoms with Crippen LogP contribution < -0.4 is 0 Å². The highest BCUT2D eigenvalue weighted by Crippen LogP contribution is 2.35. The van der Waals surface area contributed by atoms with Crippen LogP contribution in [0.1, 0.15) is 33.3 Å². The number of hydrogen-bond acceptors (Lipinski definition) is 3. The fourth-order valence-electron chi connectivity index (χ4n) is 1.70. The lowest BCUT2D eigenvalue weighted by Crippen LogP contribution is -2.41. The van der Waals surface area contributed by atoms with Crippen molar-refractivity contribution in [1.29, 1.82) is 0 Å². The molecule has 1 aromatic carbocycles. The number of para-hydroxylation sites is 1. The quantitative estimate of drug-likeness (QED) is 0.849. The summed E-state index contributed by atoms with van der Waals surface area (Å²) in [7, 11) is 0. The molecular formula is C13H18O4. The van der Waals surface area contributed by atoms with E-state index in [4.69, 9.17) is 4.74 Å². The first-order valence-electron chi connectivity index (χ1n) is 5.39. The summed E-state index contributed by atoms with van der Waals surface area (Å²) in [6, 6.07) is 6.30. The molecule has 17 heavy (non-hydrogen) atoms. The van der Waals surface area contributed by atoms with Gasteiger partial charge in [-0.25, -0.2) is 4.79 Å². The Bertz CT molecular complexity index is 420. The Morgan fingerprint density at radius 2 is 1.71 bits per heavy atom. The van der Waals surface area contributed by atoms with Gasteiger partial charge in [-0.1, -0.05) is 18.2 Å². The minimum absolute atomic E-state index is 0.0818. The number of rotatable bonds is 3. The van der Waals surface area contributed by atoms with Crippen LogP contribution in [0, 0.1) is 0 Å². The molecule has 0 amide bonds. The fourth-order valence-corrected chi connectivity index (χ4v) is 1.70. The predicted octanol–water partition coefficient (Wildman–Crippen LogP) is 2.51. The maximum absolute atomic E-state index is 11.4. The first kappa shape index (κ1) is 13.5. The molecule has 1 rings (SSSR count). The van der Waals surface area contributed by atoms with Gasteiger partial charge in [-0.15, -0.1) is 0 Å². The zero-order chi connectivity index (χ0) is 13.3. The second-order valence-electron chi connectivity index (χ2n) is 5.07. The van der Waals surface area contributed by atoms with Gasteiger partial charge < -0.3 is 14.9 Å². The van der Waals surface area contributed by atoms with Gasteiger partial charge in [-0.3, -0.25) is 0 Å². The van der Waals surface area contributed by atoms with Gasteiger partial charge in [0.1, 0.15) is 5.75 Å². The minimum Gasteiger partial charge on any atom is -0.508 e.